The number of hydrogen-bond donors (Lipinski definition) is 2. The molecule has 124 valence electrons. The van der Waals surface area contributed by atoms with Gasteiger partial charge in [0.25, 0.3) is 0 Å². The minimum atomic E-state index is -0.0170. The monoisotopic (exact) mass is 332 g/mol. The zero-order valence-electron chi connectivity index (χ0n) is 13.7. The van der Waals surface area contributed by atoms with Crippen LogP contribution in [0.2, 0.25) is 0 Å². The molecule has 0 unspecified atom stereocenters. The Balaban J connectivity index is 1.54. The molecule has 0 aliphatic heterocycles. The number of nitrogens with one attached hydrogen (secondary N) is 2. The van der Waals surface area contributed by atoms with E-state index < -0.39 is 0 Å². The van der Waals surface area contributed by atoms with E-state index >= 15 is 0 Å². The van der Waals surface area contributed by atoms with Crippen molar-refractivity contribution >= 4 is 17.4 Å². The molecule has 23 heavy (non-hydrogen) atoms. The van der Waals surface area contributed by atoms with Gasteiger partial charge in [-0.25, -0.2) is 4.79 Å². The van der Waals surface area contributed by atoms with Crippen molar-refractivity contribution in [2.75, 3.05) is 7.05 Å². The smallest absolute Gasteiger partial charge is 0.317 e. The molecule has 0 radical (unpaired) electrons. The van der Waals surface area contributed by atoms with E-state index in [4.69, 9.17) is 0 Å². The van der Waals surface area contributed by atoms with Crippen molar-refractivity contribution < 1.29 is 4.79 Å². The van der Waals surface area contributed by atoms with Crippen LogP contribution in [0.3, 0.4) is 0 Å². The first-order valence-electron chi connectivity index (χ1n) is 8.23. The Hall–Kier alpha value is -1.82. The number of aromatic nitrogens is 2. The van der Waals surface area contributed by atoms with Gasteiger partial charge >= 0.3 is 6.03 Å². The van der Waals surface area contributed by atoms with E-state index in [0.717, 1.165) is 16.3 Å². The second kappa shape index (κ2) is 7.17. The second-order valence-corrected chi connectivity index (χ2v) is 7.34. The van der Waals surface area contributed by atoms with E-state index in [0.29, 0.717) is 12.5 Å². The van der Waals surface area contributed by atoms with Crippen molar-refractivity contribution in [3.63, 3.8) is 0 Å². The van der Waals surface area contributed by atoms with Crippen molar-refractivity contribution in [1.29, 1.82) is 0 Å². The third-order valence-electron chi connectivity index (χ3n) is 4.62. The van der Waals surface area contributed by atoms with E-state index in [1.807, 2.05) is 30.6 Å². The first-order chi connectivity index (χ1) is 11.1. The van der Waals surface area contributed by atoms with Gasteiger partial charge in [-0.3, -0.25) is 5.10 Å². The average molecular weight is 332 g/mol. The largest absolute Gasteiger partial charge is 0.335 e. The Labute approximate surface area is 141 Å². The summed E-state index contributed by atoms with van der Waals surface area (Å²) >= 11 is 1.66. The molecule has 1 saturated carbocycles. The van der Waals surface area contributed by atoms with Crippen LogP contribution in [0.4, 0.5) is 4.79 Å². The van der Waals surface area contributed by atoms with E-state index in [1.165, 1.54) is 25.7 Å². The third-order valence-corrected chi connectivity index (χ3v) is 5.51. The number of nitrogens with zero attached hydrogens (tertiary/aromatic N) is 2. The Morgan fingerprint density at radius 2 is 2.30 bits per heavy atom. The molecular weight excluding hydrogens is 308 g/mol. The van der Waals surface area contributed by atoms with Gasteiger partial charge < -0.3 is 10.2 Å². The van der Waals surface area contributed by atoms with Crippen molar-refractivity contribution in [3.05, 3.63) is 29.3 Å². The second-order valence-electron chi connectivity index (χ2n) is 6.39. The molecule has 1 aliphatic rings. The molecule has 0 saturated heterocycles. The van der Waals surface area contributed by atoms with Gasteiger partial charge in [-0.1, -0.05) is 18.9 Å². The minimum absolute atomic E-state index is 0.0170. The van der Waals surface area contributed by atoms with Gasteiger partial charge in [-0.05, 0) is 43.2 Å². The first-order valence-corrected chi connectivity index (χ1v) is 9.11. The number of carbonyl (C=O) groups is 1. The number of amides is 2. The summed E-state index contributed by atoms with van der Waals surface area (Å²) in [5.74, 6) is 0.630. The van der Waals surface area contributed by atoms with Crippen LogP contribution < -0.4 is 5.32 Å². The summed E-state index contributed by atoms with van der Waals surface area (Å²) in [5.41, 5.74) is 1.88. The molecule has 0 spiro atoms. The summed E-state index contributed by atoms with van der Waals surface area (Å²) < 4.78 is 0. The molecule has 3 rings (SSSR count). The highest BCUT2D eigenvalue weighted by molar-refractivity contribution is 7.13. The minimum Gasteiger partial charge on any atom is -0.335 e. The molecule has 2 N–H and O–H groups in total. The van der Waals surface area contributed by atoms with Crippen LogP contribution >= 0.6 is 11.3 Å². The average Bonchev–Trinajstić information content (AvgIpc) is 3.28. The van der Waals surface area contributed by atoms with Crippen molar-refractivity contribution in [2.45, 2.75) is 45.2 Å². The van der Waals surface area contributed by atoms with Gasteiger partial charge in [0.2, 0.25) is 0 Å². The molecule has 5 nitrogen and oxygen atoms in total. The van der Waals surface area contributed by atoms with Crippen molar-refractivity contribution in [1.82, 2.24) is 20.4 Å². The summed E-state index contributed by atoms with van der Waals surface area (Å²) in [6.07, 6.45) is 5.05. The zero-order valence-corrected chi connectivity index (χ0v) is 14.5. The molecule has 1 fully saturated rings. The number of rotatable bonds is 5. The summed E-state index contributed by atoms with van der Waals surface area (Å²) in [6.45, 7) is 2.65. The topological polar surface area (TPSA) is 61.0 Å². The van der Waals surface area contributed by atoms with Gasteiger partial charge in [0, 0.05) is 13.1 Å². The van der Waals surface area contributed by atoms with Crippen LogP contribution in [-0.4, -0.2) is 34.2 Å². The molecular formula is C17H24N4OS. The fourth-order valence-corrected chi connectivity index (χ4v) is 3.89. The van der Waals surface area contributed by atoms with E-state index in [2.05, 4.69) is 22.4 Å². The highest BCUT2D eigenvalue weighted by Gasteiger charge is 2.23. The number of hydrogen-bond acceptors (Lipinski definition) is 3. The lowest BCUT2D eigenvalue weighted by atomic mass is 10.0. The van der Waals surface area contributed by atoms with Gasteiger partial charge in [0.1, 0.15) is 5.69 Å². The molecule has 2 aromatic rings. The Bertz CT molecular complexity index is 631. The maximum absolute atomic E-state index is 12.3. The highest BCUT2D eigenvalue weighted by atomic mass is 32.1. The molecule has 0 aromatic carbocycles. The van der Waals surface area contributed by atoms with Gasteiger partial charge in [0.15, 0.2) is 0 Å². The lowest BCUT2D eigenvalue weighted by Gasteiger charge is -2.24. The van der Waals surface area contributed by atoms with Crippen LogP contribution in [-0.2, 0) is 6.54 Å². The van der Waals surface area contributed by atoms with Gasteiger partial charge in [0.05, 0.1) is 17.1 Å². The first kappa shape index (κ1) is 16.1. The van der Waals surface area contributed by atoms with Gasteiger partial charge in [-0.15, -0.1) is 11.3 Å². The van der Waals surface area contributed by atoms with Crippen LogP contribution in [0.5, 0.6) is 0 Å². The Kier molecular flexibility index (Phi) is 5.00. The summed E-state index contributed by atoms with van der Waals surface area (Å²) in [4.78, 5) is 15.2. The lowest BCUT2D eigenvalue weighted by molar-refractivity contribution is 0.198. The van der Waals surface area contributed by atoms with E-state index in [1.54, 1.807) is 16.2 Å². The van der Waals surface area contributed by atoms with Gasteiger partial charge in [-0.2, -0.15) is 5.10 Å². The van der Waals surface area contributed by atoms with Crippen LogP contribution in [0, 0.1) is 5.92 Å². The van der Waals surface area contributed by atoms with Crippen molar-refractivity contribution in [3.8, 4) is 10.6 Å². The molecule has 2 amide bonds. The number of carbonyl (C=O) groups excluding carboxylic acids is 1. The molecule has 2 heterocycles. The molecule has 1 aliphatic carbocycles. The predicted molar refractivity (Wildman–Crippen MR) is 93.3 cm³/mol. The van der Waals surface area contributed by atoms with E-state index in [-0.39, 0.29) is 12.1 Å². The standard InChI is InChI=1S/C17H24N4OS/c1-12(13-6-3-4-7-13)18-17(22)21(2)11-14-10-15(20-19-14)16-8-5-9-23-16/h5,8-10,12-13H,3-4,6-7,11H2,1-2H3,(H,18,22)(H,19,20)/t12-/m0/s1. The summed E-state index contributed by atoms with van der Waals surface area (Å²) in [5, 5.41) is 12.5. The quantitative estimate of drug-likeness (QED) is 0.873. The van der Waals surface area contributed by atoms with Crippen molar-refractivity contribution in [2.24, 2.45) is 5.92 Å². The SMILES string of the molecule is C[C@H](NC(=O)N(C)Cc1cc(-c2cccs2)n[nH]1)C1CCCC1. The van der Waals surface area contributed by atoms with E-state index in [9.17, 15) is 4.79 Å². The number of urea groups is 1. The molecule has 6 heteroatoms. The Morgan fingerprint density at radius 3 is 3.00 bits per heavy atom. The lowest BCUT2D eigenvalue weighted by Crippen LogP contribution is -2.44. The number of aromatic amines is 1. The number of H-pyrrole nitrogens is 1. The normalized spacial score (nSPS) is 16.4. The predicted octanol–water partition coefficient (Wildman–Crippen LogP) is 3.86. The van der Waals surface area contributed by atoms with Crippen LogP contribution in [0.1, 0.15) is 38.3 Å². The molecule has 1 atom stereocenters. The Morgan fingerprint density at radius 1 is 1.52 bits per heavy atom. The third kappa shape index (κ3) is 3.93. The summed E-state index contributed by atoms with van der Waals surface area (Å²) in [7, 11) is 1.82. The molecule has 2 aromatic heterocycles. The zero-order chi connectivity index (χ0) is 16.2. The van der Waals surface area contributed by atoms with Crippen LogP contribution in [0.25, 0.3) is 10.6 Å². The fourth-order valence-electron chi connectivity index (χ4n) is 3.20. The number of thiophene rings is 1. The summed E-state index contributed by atoms with van der Waals surface area (Å²) in [6, 6.07) is 6.30. The fraction of sp³-hybridized carbons (Fsp3) is 0.529. The maximum atomic E-state index is 12.3. The highest BCUT2D eigenvalue weighted by Crippen LogP contribution is 2.27. The molecule has 0 bridgehead atoms. The van der Waals surface area contributed by atoms with Crippen LogP contribution in [0.15, 0.2) is 23.6 Å². The maximum Gasteiger partial charge on any atom is 0.317 e.